The van der Waals surface area contributed by atoms with Crippen LogP contribution in [0.3, 0.4) is 0 Å². The van der Waals surface area contributed by atoms with E-state index in [-0.39, 0.29) is 11.8 Å². The predicted molar refractivity (Wildman–Crippen MR) is 94.6 cm³/mol. The zero-order valence-electron chi connectivity index (χ0n) is 15.2. The summed E-state index contributed by atoms with van der Waals surface area (Å²) in [4.78, 5) is 37.9. The molecule has 8 nitrogen and oxygen atoms in total. The van der Waals surface area contributed by atoms with E-state index in [0.717, 1.165) is 12.8 Å². The van der Waals surface area contributed by atoms with Gasteiger partial charge in [-0.15, -0.1) is 0 Å². The minimum absolute atomic E-state index is 0.138. The Labute approximate surface area is 149 Å². The van der Waals surface area contributed by atoms with E-state index in [0.29, 0.717) is 38.8 Å². The molecule has 1 heterocycles. The van der Waals surface area contributed by atoms with Crippen molar-refractivity contribution in [3.05, 3.63) is 0 Å². The third kappa shape index (κ3) is 6.62. The molecule has 1 saturated heterocycles. The molecule has 25 heavy (non-hydrogen) atoms. The molecule has 1 rings (SSSR count). The van der Waals surface area contributed by atoms with E-state index >= 15 is 0 Å². The van der Waals surface area contributed by atoms with Crippen LogP contribution in [0.2, 0.25) is 0 Å². The highest BCUT2D eigenvalue weighted by atomic mass is 16.4. The standard InChI is InChI=1S/C17H32N4O4/c1-11(2)10-13(17(24)25)20-15(22)14-7-5-9-21(14)16(23)12(19)6-3-4-8-18/h11-14H,3-10,18-19H2,1-2H3,(H,20,22)(H,24,25)/t12-,13-,14-/m0/s1. The van der Waals surface area contributed by atoms with Crippen LogP contribution in [0.15, 0.2) is 0 Å². The van der Waals surface area contributed by atoms with Crippen LogP contribution in [-0.2, 0) is 14.4 Å². The number of hydrogen-bond acceptors (Lipinski definition) is 5. The molecular weight excluding hydrogens is 324 g/mol. The van der Waals surface area contributed by atoms with Gasteiger partial charge in [0.05, 0.1) is 6.04 Å². The van der Waals surface area contributed by atoms with Gasteiger partial charge in [-0.25, -0.2) is 4.79 Å². The summed E-state index contributed by atoms with van der Waals surface area (Å²) in [6, 6.07) is -2.23. The molecule has 0 saturated carbocycles. The van der Waals surface area contributed by atoms with Crippen LogP contribution in [0.1, 0.15) is 52.4 Å². The van der Waals surface area contributed by atoms with Gasteiger partial charge in [0.1, 0.15) is 12.1 Å². The van der Waals surface area contributed by atoms with E-state index in [9.17, 15) is 19.5 Å². The second-order valence-corrected chi connectivity index (χ2v) is 7.11. The summed E-state index contributed by atoms with van der Waals surface area (Å²) < 4.78 is 0. The first-order valence-electron chi connectivity index (χ1n) is 9.07. The Morgan fingerprint density at radius 3 is 2.52 bits per heavy atom. The number of amides is 2. The van der Waals surface area contributed by atoms with Crippen LogP contribution in [0.5, 0.6) is 0 Å². The quantitative estimate of drug-likeness (QED) is 0.408. The normalized spacial score (nSPS) is 19.7. The van der Waals surface area contributed by atoms with Crippen molar-refractivity contribution in [3.8, 4) is 0 Å². The van der Waals surface area contributed by atoms with Gasteiger partial charge in [0.2, 0.25) is 11.8 Å². The zero-order chi connectivity index (χ0) is 19.0. The van der Waals surface area contributed by atoms with Crippen LogP contribution in [0.25, 0.3) is 0 Å². The van der Waals surface area contributed by atoms with E-state index in [2.05, 4.69) is 5.32 Å². The Bertz CT molecular complexity index is 470. The van der Waals surface area contributed by atoms with Gasteiger partial charge >= 0.3 is 5.97 Å². The molecule has 1 aliphatic rings. The molecule has 0 spiro atoms. The molecule has 2 amide bonds. The summed E-state index contributed by atoms with van der Waals surface area (Å²) in [5, 5.41) is 11.8. The number of nitrogens with two attached hydrogens (primary N) is 2. The number of carbonyl (C=O) groups is 3. The molecule has 0 aromatic carbocycles. The number of nitrogens with zero attached hydrogens (tertiary/aromatic N) is 1. The minimum atomic E-state index is -1.06. The van der Waals surface area contributed by atoms with Gasteiger partial charge < -0.3 is 26.8 Å². The van der Waals surface area contributed by atoms with Crippen molar-refractivity contribution in [2.24, 2.45) is 17.4 Å². The minimum Gasteiger partial charge on any atom is -0.480 e. The molecule has 1 fully saturated rings. The van der Waals surface area contributed by atoms with Crippen LogP contribution in [0.4, 0.5) is 0 Å². The number of hydrogen-bond donors (Lipinski definition) is 4. The topological polar surface area (TPSA) is 139 Å². The first kappa shape index (κ1) is 21.4. The molecule has 0 bridgehead atoms. The number of rotatable bonds is 10. The highest BCUT2D eigenvalue weighted by Crippen LogP contribution is 2.20. The molecule has 0 unspecified atom stereocenters. The summed E-state index contributed by atoms with van der Waals surface area (Å²) in [6.45, 7) is 4.83. The zero-order valence-corrected chi connectivity index (χ0v) is 15.2. The van der Waals surface area contributed by atoms with Crippen molar-refractivity contribution in [1.29, 1.82) is 0 Å². The Morgan fingerprint density at radius 1 is 1.28 bits per heavy atom. The Kier molecular flexibility index (Phi) is 8.85. The van der Waals surface area contributed by atoms with Crippen LogP contribution in [-0.4, -0.2) is 59.0 Å². The van der Waals surface area contributed by atoms with E-state index in [1.54, 1.807) is 0 Å². The van der Waals surface area contributed by atoms with Gasteiger partial charge in [-0.1, -0.05) is 20.3 Å². The molecule has 1 aliphatic heterocycles. The lowest BCUT2D eigenvalue weighted by Crippen LogP contribution is -2.54. The number of likely N-dealkylation sites (tertiary alicyclic amines) is 1. The van der Waals surface area contributed by atoms with Crippen LogP contribution >= 0.6 is 0 Å². The average Bonchev–Trinajstić information content (AvgIpc) is 3.02. The number of nitrogens with one attached hydrogen (secondary N) is 1. The first-order chi connectivity index (χ1) is 11.8. The Morgan fingerprint density at radius 2 is 1.96 bits per heavy atom. The third-order valence-corrected chi connectivity index (χ3v) is 4.45. The molecule has 144 valence electrons. The van der Waals surface area contributed by atoms with Crippen LogP contribution < -0.4 is 16.8 Å². The van der Waals surface area contributed by atoms with E-state index < -0.39 is 30.0 Å². The van der Waals surface area contributed by atoms with E-state index in [4.69, 9.17) is 11.5 Å². The fraction of sp³-hybridized carbons (Fsp3) is 0.824. The summed E-state index contributed by atoms with van der Waals surface area (Å²) in [6.07, 6.45) is 3.69. The van der Waals surface area contributed by atoms with Crippen LogP contribution in [0, 0.1) is 5.92 Å². The summed E-state index contributed by atoms with van der Waals surface area (Å²) in [5.41, 5.74) is 11.4. The molecule has 0 aromatic heterocycles. The van der Waals surface area contributed by atoms with Gasteiger partial charge in [-0.05, 0) is 44.6 Å². The van der Waals surface area contributed by atoms with Gasteiger partial charge in [0.15, 0.2) is 0 Å². The lowest BCUT2D eigenvalue weighted by molar-refractivity contribution is -0.144. The highest BCUT2D eigenvalue weighted by Gasteiger charge is 2.37. The Balaban J connectivity index is 2.67. The predicted octanol–water partition coefficient (Wildman–Crippen LogP) is 0.0492. The van der Waals surface area contributed by atoms with Gasteiger partial charge in [-0.2, -0.15) is 0 Å². The smallest absolute Gasteiger partial charge is 0.326 e. The molecule has 8 heteroatoms. The maximum atomic E-state index is 12.5. The average molecular weight is 356 g/mol. The summed E-state index contributed by atoms with van der Waals surface area (Å²) in [7, 11) is 0. The second-order valence-electron chi connectivity index (χ2n) is 7.11. The second kappa shape index (κ2) is 10.4. The fourth-order valence-electron chi connectivity index (χ4n) is 3.11. The fourth-order valence-corrected chi connectivity index (χ4v) is 3.11. The molecule has 0 aliphatic carbocycles. The third-order valence-electron chi connectivity index (χ3n) is 4.45. The Hall–Kier alpha value is -1.67. The van der Waals surface area contributed by atoms with E-state index in [1.165, 1.54) is 4.90 Å². The lowest BCUT2D eigenvalue weighted by atomic mass is 10.0. The molecule has 0 radical (unpaired) electrons. The van der Waals surface area contributed by atoms with Crippen molar-refractivity contribution >= 4 is 17.8 Å². The van der Waals surface area contributed by atoms with Gasteiger partial charge in [-0.3, -0.25) is 9.59 Å². The molecule has 0 aromatic rings. The number of unbranched alkanes of at least 4 members (excludes halogenated alkanes) is 1. The number of carbonyl (C=O) groups excluding carboxylic acids is 2. The van der Waals surface area contributed by atoms with Crippen molar-refractivity contribution in [2.45, 2.75) is 70.5 Å². The van der Waals surface area contributed by atoms with E-state index in [1.807, 2.05) is 13.8 Å². The maximum absolute atomic E-state index is 12.5. The molecule has 6 N–H and O–H groups in total. The monoisotopic (exact) mass is 356 g/mol. The van der Waals surface area contributed by atoms with Crippen molar-refractivity contribution in [1.82, 2.24) is 10.2 Å². The SMILES string of the molecule is CC(C)C[C@H](NC(=O)[C@@H]1CCCN1C(=O)[C@@H](N)CCCCN)C(=O)O. The van der Waals surface area contributed by atoms with Crippen molar-refractivity contribution in [3.63, 3.8) is 0 Å². The maximum Gasteiger partial charge on any atom is 0.326 e. The largest absolute Gasteiger partial charge is 0.480 e. The lowest BCUT2D eigenvalue weighted by Gasteiger charge is -2.28. The summed E-state index contributed by atoms with van der Waals surface area (Å²) in [5.74, 6) is -1.58. The van der Waals surface area contributed by atoms with Gasteiger partial charge in [0, 0.05) is 6.54 Å². The number of carboxylic acid groups (broad SMARTS) is 1. The molecular formula is C17H32N4O4. The number of aliphatic carboxylic acids is 1. The summed E-state index contributed by atoms with van der Waals surface area (Å²) >= 11 is 0. The first-order valence-corrected chi connectivity index (χ1v) is 9.07. The highest BCUT2D eigenvalue weighted by molar-refractivity contribution is 5.92. The van der Waals surface area contributed by atoms with Gasteiger partial charge in [0.25, 0.3) is 0 Å². The number of carboxylic acids is 1. The molecule has 3 atom stereocenters. The van der Waals surface area contributed by atoms with Crippen molar-refractivity contribution < 1.29 is 19.5 Å². The van der Waals surface area contributed by atoms with Crippen molar-refractivity contribution in [2.75, 3.05) is 13.1 Å².